The van der Waals surface area contributed by atoms with Gasteiger partial charge in [0.05, 0.1) is 12.8 Å². The Hall–Kier alpha value is -4.33. The molecule has 0 aromatic heterocycles. The van der Waals surface area contributed by atoms with Crippen molar-refractivity contribution < 1.29 is 28.6 Å². The van der Waals surface area contributed by atoms with Crippen LogP contribution in [0.3, 0.4) is 0 Å². The molecule has 1 aliphatic heterocycles. The lowest BCUT2D eigenvalue weighted by molar-refractivity contribution is -0.125. The monoisotopic (exact) mass is 474 g/mol. The van der Waals surface area contributed by atoms with Crippen molar-refractivity contribution in [2.75, 3.05) is 38.3 Å². The number of carbonyl (C=O) groups excluding carboxylic acids is 3. The SMILES string of the molecule is COc1cccc(OCC(=O)c2ccc3c(c2)N(CC(=O)NCCc2ccccc2)C(=O)CO3)c1. The minimum Gasteiger partial charge on any atom is -0.497 e. The number of nitrogens with zero attached hydrogens (tertiary/aromatic N) is 1. The molecule has 0 bridgehead atoms. The number of anilines is 1. The normalized spacial score (nSPS) is 12.4. The van der Waals surface area contributed by atoms with Gasteiger partial charge >= 0.3 is 0 Å². The zero-order valence-corrected chi connectivity index (χ0v) is 19.4. The summed E-state index contributed by atoms with van der Waals surface area (Å²) in [6.07, 6.45) is 0.687. The van der Waals surface area contributed by atoms with E-state index in [1.165, 1.54) is 4.90 Å². The number of carbonyl (C=O) groups is 3. The van der Waals surface area contributed by atoms with Gasteiger partial charge in [0, 0.05) is 18.2 Å². The van der Waals surface area contributed by atoms with Crippen LogP contribution in [0.25, 0.3) is 0 Å². The molecule has 0 atom stereocenters. The maximum absolute atomic E-state index is 12.8. The quantitative estimate of drug-likeness (QED) is 0.454. The number of methoxy groups -OCH3 is 1. The molecule has 0 unspecified atom stereocenters. The zero-order valence-electron chi connectivity index (χ0n) is 19.4. The summed E-state index contributed by atoms with van der Waals surface area (Å²) < 4.78 is 16.3. The molecule has 0 fully saturated rings. The van der Waals surface area contributed by atoms with Crippen LogP contribution in [0.2, 0.25) is 0 Å². The third-order valence-corrected chi connectivity index (χ3v) is 5.52. The number of amides is 2. The molecule has 4 rings (SSSR count). The molecule has 35 heavy (non-hydrogen) atoms. The van der Waals surface area contributed by atoms with Gasteiger partial charge in [0.2, 0.25) is 5.91 Å². The second-order valence-electron chi connectivity index (χ2n) is 7.93. The predicted molar refractivity (Wildman–Crippen MR) is 130 cm³/mol. The lowest BCUT2D eigenvalue weighted by atomic mass is 10.1. The smallest absolute Gasteiger partial charge is 0.265 e. The molecular weight excluding hydrogens is 448 g/mol. The van der Waals surface area contributed by atoms with E-state index in [9.17, 15) is 14.4 Å². The molecule has 3 aromatic carbocycles. The van der Waals surface area contributed by atoms with Crippen LogP contribution in [0.15, 0.2) is 72.8 Å². The number of ketones is 1. The molecule has 0 aliphatic carbocycles. The molecule has 2 amide bonds. The fraction of sp³-hybridized carbons (Fsp3) is 0.222. The van der Waals surface area contributed by atoms with E-state index in [1.807, 2.05) is 30.3 Å². The Labute approximate surface area is 203 Å². The minimum atomic E-state index is -0.354. The third-order valence-electron chi connectivity index (χ3n) is 5.52. The fourth-order valence-corrected chi connectivity index (χ4v) is 3.66. The highest BCUT2D eigenvalue weighted by Gasteiger charge is 2.28. The van der Waals surface area contributed by atoms with E-state index in [0.717, 1.165) is 5.56 Å². The van der Waals surface area contributed by atoms with Crippen molar-refractivity contribution in [3.05, 3.63) is 83.9 Å². The van der Waals surface area contributed by atoms with Crippen molar-refractivity contribution in [1.82, 2.24) is 5.32 Å². The first-order valence-corrected chi connectivity index (χ1v) is 11.2. The first-order valence-electron chi connectivity index (χ1n) is 11.2. The van der Waals surface area contributed by atoms with Crippen molar-refractivity contribution in [3.8, 4) is 17.2 Å². The largest absolute Gasteiger partial charge is 0.497 e. The Morgan fingerprint density at radius 2 is 1.80 bits per heavy atom. The highest BCUT2D eigenvalue weighted by molar-refractivity contribution is 6.04. The fourth-order valence-electron chi connectivity index (χ4n) is 3.66. The van der Waals surface area contributed by atoms with Gasteiger partial charge in [-0.25, -0.2) is 0 Å². The van der Waals surface area contributed by atoms with Gasteiger partial charge in [-0.2, -0.15) is 0 Å². The van der Waals surface area contributed by atoms with Gasteiger partial charge in [-0.1, -0.05) is 36.4 Å². The number of Topliss-reactive ketones (excluding diaryl/α,β-unsaturated/α-hetero) is 1. The summed E-state index contributed by atoms with van der Waals surface area (Å²) in [6.45, 7) is -0.0758. The van der Waals surface area contributed by atoms with Crippen LogP contribution in [0.1, 0.15) is 15.9 Å². The number of hydrogen-bond donors (Lipinski definition) is 1. The van der Waals surface area contributed by atoms with Crippen molar-refractivity contribution in [2.45, 2.75) is 6.42 Å². The summed E-state index contributed by atoms with van der Waals surface area (Å²) in [5, 5.41) is 2.84. The number of fused-ring (bicyclic) bond motifs is 1. The van der Waals surface area contributed by atoms with Crippen molar-refractivity contribution in [2.24, 2.45) is 0 Å². The minimum absolute atomic E-state index is 0.165. The summed E-state index contributed by atoms with van der Waals surface area (Å²) in [6, 6.07) is 21.6. The van der Waals surface area contributed by atoms with Crippen LogP contribution in [0.4, 0.5) is 5.69 Å². The van der Waals surface area contributed by atoms with E-state index in [2.05, 4.69) is 5.32 Å². The zero-order chi connectivity index (χ0) is 24.6. The lowest BCUT2D eigenvalue weighted by Gasteiger charge is -2.29. The first-order chi connectivity index (χ1) is 17.0. The van der Waals surface area contributed by atoms with E-state index in [0.29, 0.717) is 41.5 Å². The summed E-state index contributed by atoms with van der Waals surface area (Å²) in [4.78, 5) is 39.2. The molecule has 1 aliphatic rings. The highest BCUT2D eigenvalue weighted by Crippen LogP contribution is 2.33. The molecular formula is C27H26N2O6. The van der Waals surface area contributed by atoms with E-state index in [4.69, 9.17) is 14.2 Å². The maximum atomic E-state index is 12.8. The van der Waals surface area contributed by atoms with E-state index < -0.39 is 0 Å². The Morgan fingerprint density at radius 3 is 2.60 bits per heavy atom. The number of hydrogen-bond acceptors (Lipinski definition) is 6. The summed E-state index contributed by atoms with van der Waals surface area (Å²) in [5.74, 6) is 0.640. The Balaban J connectivity index is 1.39. The molecule has 0 spiro atoms. The van der Waals surface area contributed by atoms with Crippen LogP contribution in [0.5, 0.6) is 17.2 Å². The van der Waals surface area contributed by atoms with Gasteiger partial charge in [-0.3, -0.25) is 19.3 Å². The Morgan fingerprint density at radius 1 is 1.00 bits per heavy atom. The summed E-state index contributed by atoms with van der Waals surface area (Å²) >= 11 is 0. The van der Waals surface area contributed by atoms with E-state index >= 15 is 0 Å². The average molecular weight is 475 g/mol. The van der Waals surface area contributed by atoms with Crippen LogP contribution < -0.4 is 24.4 Å². The average Bonchev–Trinajstić information content (AvgIpc) is 2.89. The van der Waals surface area contributed by atoms with Crippen molar-refractivity contribution in [3.63, 3.8) is 0 Å². The van der Waals surface area contributed by atoms with Crippen molar-refractivity contribution >= 4 is 23.3 Å². The number of nitrogens with one attached hydrogen (secondary N) is 1. The van der Waals surface area contributed by atoms with Crippen LogP contribution in [0, 0.1) is 0 Å². The van der Waals surface area contributed by atoms with Gasteiger partial charge in [-0.15, -0.1) is 0 Å². The first kappa shape index (κ1) is 23.8. The molecule has 8 nitrogen and oxygen atoms in total. The summed E-state index contributed by atoms with van der Waals surface area (Å²) in [7, 11) is 1.55. The lowest BCUT2D eigenvalue weighted by Crippen LogP contribution is -2.45. The third kappa shape index (κ3) is 6.17. The van der Waals surface area contributed by atoms with E-state index in [-0.39, 0.29) is 37.4 Å². The van der Waals surface area contributed by atoms with E-state index in [1.54, 1.807) is 49.6 Å². The second-order valence-corrected chi connectivity index (χ2v) is 7.93. The standard InChI is InChI=1S/C27H26N2O6/c1-33-21-8-5-9-22(15-21)34-17-24(30)20-10-11-25-23(14-20)29(27(32)18-35-25)16-26(31)28-13-12-19-6-3-2-4-7-19/h2-11,14-15H,12-13,16-18H2,1H3,(H,28,31). The van der Waals surface area contributed by atoms with Gasteiger partial charge in [-0.05, 0) is 42.3 Å². The Bertz CT molecular complexity index is 1210. The molecule has 0 saturated heterocycles. The highest BCUT2D eigenvalue weighted by atomic mass is 16.5. The second kappa shape index (κ2) is 11.2. The van der Waals surface area contributed by atoms with Gasteiger partial charge in [0.25, 0.3) is 5.91 Å². The number of benzene rings is 3. The van der Waals surface area contributed by atoms with Gasteiger partial charge < -0.3 is 19.5 Å². The molecule has 180 valence electrons. The van der Waals surface area contributed by atoms with Crippen LogP contribution >= 0.6 is 0 Å². The number of ether oxygens (including phenoxy) is 3. The molecule has 0 saturated carbocycles. The molecule has 8 heteroatoms. The van der Waals surface area contributed by atoms with Gasteiger partial charge in [0.1, 0.15) is 23.8 Å². The molecule has 0 radical (unpaired) electrons. The number of rotatable bonds is 10. The maximum Gasteiger partial charge on any atom is 0.265 e. The van der Waals surface area contributed by atoms with Gasteiger partial charge in [0.15, 0.2) is 19.0 Å². The van der Waals surface area contributed by atoms with Crippen LogP contribution in [-0.4, -0.2) is 51.0 Å². The molecule has 1 heterocycles. The summed E-state index contributed by atoms with van der Waals surface area (Å²) in [5.41, 5.74) is 1.84. The Kier molecular flexibility index (Phi) is 7.62. The topological polar surface area (TPSA) is 94.2 Å². The van der Waals surface area contributed by atoms with Crippen molar-refractivity contribution in [1.29, 1.82) is 0 Å². The molecule has 1 N–H and O–H groups in total. The van der Waals surface area contributed by atoms with Crippen LogP contribution in [-0.2, 0) is 16.0 Å². The predicted octanol–water partition coefficient (Wildman–Crippen LogP) is 3.04. The molecule has 3 aromatic rings.